The highest BCUT2D eigenvalue weighted by molar-refractivity contribution is 6.19. The number of para-hydroxylation sites is 1. The van der Waals surface area contributed by atoms with Gasteiger partial charge in [0.05, 0.1) is 28.0 Å². The van der Waals surface area contributed by atoms with E-state index in [1.54, 1.807) is 0 Å². The van der Waals surface area contributed by atoms with E-state index < -0.39 is 5.41 Å². The molecule has 0 atom stereocenters. The molecule has 0 fully saturated rings. The molecular weight excluding hydrogens is 835 g/mol. The molecule has 0 radical (unpaired) electrons. The fourth-order valence-corrected chi connectivity index (χ4v) is 10.8. The molecule has 0 N–H and O–H groups in total. The Kier molecular flexibility index (Phi) is 9.73. The molecule has 0 bridgehead atoms. The maximum atomic E-state index is 5.51. The molecule has 3 heteroatoms. The molecular formula is C66H43N3. The molecule has 13 rings (SSSR count). The SMILES string of the molecule is c1ccc(-c2ccc(-c3cc(-c4cccc(-c5nc6ccccc6c6c7c(ccc56)C(c5ccccc5)(c5ccccc5)c5ccccc5-7)c4)nc(-c4ccc(-c5ccccc5)cc4)n3)cc2)cc1. The molecule has 322 valence electrons. The van der Waals surface area contributed by atoms with Crippen molar-refractivity contribution in [3.8, 4) is 78.5 Å². The molecule has 10 aromatic carbocycles. The number of aromatic nitrogens is 3. The molecule has 12 aromatic rings. The summed E-state index contributed by atoms with van der Waals surface area (Å²) in [6, 6.07) is 93.4. The number of nitrogens with zero attached hydrogens (tertiary/aromatic N) is 3. The van der Waals surface area contributed by atoms with Crippen molar-refractivity contribution >= 4 is 21.7 Å². The van der Waals surface area contributed by atoms with Gasteiger partial charge in [0.1, 0.15) is 0 Å². The zero-order valence-electron chi connectivity index (χ0n) is 37.7. The highest BCUT2D eigenvalue weighted by Crippen LogP contribution is 2.58. The van der Waals surface area contributed by atoms with Crippen molar-refractivity contribution < 1.29 is 0 Å². The van der Waals surface area contributed by atoms with Crippen molar-refractivity contribution in [1.29, 1.82) is 0 Å². The Bertz CT molecular complexity index is 3710. The molecule has 0 unspecified atom stereocenters. The van der Waals surface area contributed by atoms with Gasteiger partial charge in [0, 0.05) is 38.4 Å². The van der Waals surface area contributed by atoms with Crippen molar-refractivity contribution in [1.82, 2.24) is 15.0 Å². The number of fused-ring (bicyclic) bond motifs is 7. The largest absolute Gasteiger partial charge is 0.247 e. The van der Waals surface area contributed by atoms with Crippen LogP contribution in [0.25, 0.3) is 100 Å². The van der Waals surface area contributed by atoms with Crippen LogP contribution in [0, 0.1) is 0 Å². The summed E-state index contributed by atoms with van der Waals surface area (Å²) in [6.45, 7) is 0. The lowest BCUT2D eigenvalue weighted by Crippen LogP contribution is -2.28. The van der Waals surface area contributed by atoms with E-state index >= 15 is 0 Å². The monoisotopic (exact) mass is 877 g/mol. The van der Waals surface area contributed by atoms with E-state index in [9.17, 15) is 0 Å². The third-order valence-electron chi connectivity index (χ3n) is 14.0. The van der Waals surface area contributed by atoms with Gasteiger partial charge in [-0.1, -0.05) is 243 Å². The maximum absolute atomic E-state index is 5.51. The minimum absolute atomic E-state index is 0.515. The Morgan fingerprint density at radius 3 is 1.43 bits per heavy atom. The average molecular weight is 878 g/mol. The lowest BCUT2D eigenvalue weighted by Gasteiger charge is -2.34. The highest BCUT2D eigenvalue weighted by Gasteiger charge is 2.46. The van der Waals surface area contributed by atoms with Crippen LogP contribution in [0.4, 0.5) is 0 Å². The predicted octanol–water partition coefficient (Wildman–Crippen LogP) is 16.5. The van der Waals surface area contributed by atoms with Gasteiger partial charge in [0.2, 0.25) is 0 Å². The van der Waals surface area contributed by atoms with Gasteiger partial charge in [-0.15, -0.1) is 0 Å². The Morgan fingerprint density at radius 2 is 0.783 bits per heavy atom. The van der Waals surface area contributed by atoms with Gasteiger partial charge in [-0.3, -0.25) is 0 Å². The van der Waals surface area contributed by atoms with E-state index in [2.05, 4.69) is 255 Å². The molecule has 1 aliphatic carbocycles. The third kappa shape index (κ3) is 6.78. The first kappa shape index (κ1) is 40.2. The number of hydrogen-bond acceptors (Lipinski definition) is 3. The number of rotatable bonds is 8. The van der Waals surface area contributed by atoms with Crippen molar-refractivity contribution in [2.45, 2.75) is 5.41 Å². The Balaban J connectivity index is 0.995. The van der Waals surface area contributed by atoms with Crippen molar-refractivity contribution in [2.24, 2.45) is 0 Å². The van der Waals surface area contributed by atoms with E-state index in [-0.39, 0.29) is 0 Å². The van der Waals surface area contributed by atoms with Gasteiger partial charge in [0.15, 0.2) is 5.82 Å². The second kappa shape index (κ2) is 16.7. The zero-order chi connectivity index (χ0) is 45.7. The van der Waals surface area contributed by atoms with Crippen molar-refractivity contribution in [3.63, 3.8) is 0 Å². The maximum Gasteiger partial charge on any atom is 0.160 e. The van der Waals surface area contributed by atoms with Crippen LogP contribution in [-0.4, -0.2) is 15.0 Å². The van der Waals surface area contributed by atoms with Crippen LogP contribution in [-0.2, 0) is 5.41 Å². The predicted molar refractivity (Wildman–Crippen MR) is 285 cm³/mol. The molecule has 2 aromatic heterocycles. The Hall–Kier alpha value is -9.05. The van der Waals surface area contributed by atoms with Gasteiger partial charge >= 0.3 is 0 Å². The number of benzene rings is 10. The molecule has 0 aliphatic heterocycles. The molecule has 1 aliphatic rings. The number of pyridine rings is 1. The minimum Gasteiger partial charge on any atom is -0.247 e. The minimum atomic E-state index is -0.515. The van der Waals surface area contributed by atoms with Crippen LogP contribution in [0.15, 0.2) is 261 Å². The van der Waals surface area contributed by atoms with E-state index in [4.69, 9.17) is 15.0 Å². The third-order valence-corrected chi connectivity index (χ3v) is 14.0. The standard InChI is InChI=1S/C66H43N3/c1-5-18-44(19-6-1)46-32-36-48(37-33-46)60-43-61(69-65(68-60)49-38-34-47(35-39-49)45-20-7-2-8-21-45)50-22-17-23-51(42-50)64-56-40-41-58-63(62(56)55-29-14-16-31-59(55)67-64)54-28-13-15-30-57(54)66(58,52-24-9-3-10-25-52)53-26-11-4-12-27-53/h1-43H. The topological polar surface area (TPSA) is 38.7 Å². The summed E-state index contributed by atoms with van der Waals surface area (Å²) in [4.78, 5) is 16.1. The Labute approximate surface area is 401 Å². The van der Waals surface area contributed by atoms with Gasteiger partial charge in [-0.05, 0) is 73.8 Å². The molecule has 0 saturated heterocycles. The van der Waals surface area contributed by atoms with Crippen LogP contribution < -0.4 is 0 Å². The van der Waals surface area contributed by atoms with Crippen LogP contribution in [0.2, 0.25) is 0 Å². The second-order valence-electron chi connectivity index (χ2n) is 17.8. The van der Waals surface area contributed by atoms with E-state index in [1.165, 1.54) is 49.9 Å². The van der Waals surface area contributed by atoms with Crippen molar-refractivity contribution in [2.75, 3.05) is 0 Å². The molecule has 2 heterocycles. The van der Waals surface area contributed by atoms with Gasteiger partial charge < -0.3 is 0 Å². The first-order valence-corrected chi connectivity index (χ1v) is 23.6. The Morgan fingerprint density at radius 1 is 0.290 bits per heavy atom. The molecule has 0 spiro atoms. The van der Waals surface area contributed by atoms with Gasteiger partial charge in [-0.2, -0.15) is 0 Å². The lowest BCUT2D eigenvalue weighted by molar-refractivity contribution is 0.769. The number of hydrogen-bond donors (Lipinski definition) is 0. The summed E-state index contributed by atoms with van der Waals surface area (Å²) in [5, 5.41) is 3.46. The van der Waals surface area contributed by atoms with Crippen LogP contribution in [0.3, 0.4) is 0 Å². The molecule has 0 amide bonds. The van der Waals surface area contributed by atoms with Gasteiger partial charge in [0.25, 0.3) is 0 Å². The smallest absolute Gasteiger partial charge is 0.160 e. The lowest BCUT2D eigenvalue weighted by atomic mass is 9.67. The normalized spacial score (nSPS) is 12.5. The summed E-state index contributed by atoms with van der Waals surface area (Å²) in [5.74, 6) is 0.670. The molecule has 3 nitrogen and oxygen atoms in total. The van der Waals surface area contributed by atoms with Gasteiger partial charge in [-0.25, -0.2) is 15.0 Å². The summed E-state index contributed by atoms with van der Waals surface area (Å²) < 4.78 is 0. The van der Waals surface area contributed by atoms with Crippen molar-refractivity contribution in [3.05, 3.63) is 283 Å². The molecule has 0 saturated carbocycles. The molecule has 69 heavy (non-hydrogen) atoms. The second-order valence-corrected chi connectivity index (χ2v) is 17.8. The van der Waals surface area contributed by atoms with Crippen LogP contribution in [0.5, 0.6) is 0 Å². The fraction of sp³-hybridized carbons (Fsp3) is 0.0152. The fourth-order valence-electron chi connectivity index (χ4n) is 10.8. The van der Waals surface area contributed by atoms with E-state index in [1.807, 2.05) is 6.07 Å². The zero-order valence-corrected chi connectivity index (χ0v) is 37.7. The first-order valence-electron chi connectivity index (χ1n) is 23.6. The summed E-state index contributed by atoms with van der Waals surface area (Å²) >= 11 is 0. The quantitative estimate of drug-likeness (QED) is 0.143. The summed E-state index contributed by atoms with van der Waals surface area (Å²) in [6.07, 6.45) is 0. The van der Waals surface area contributed by atoms with E-state index in [0.717, 1.165) is 66.8 Å². The van der Waals surface area contributed by atoms with Crippen LogP contribution in [0.1, 0.15) is 22.3 Å². The van der Waals surface area contributed by atoms with Crippen LogP contribution >= 0.6 is 0 Å². The highest BCUT2D eigenvalue weighted by atomic mass is 14.9. The first-order chi connectivity index (χ1) is 34.2. The summed E-state index contributed by atoms with van der Waals surface area (Å²) in [5.41, 5.74) is 19.3. The summed E-state index contributed by atoms with van der Waals surface area (Å²) in [7, 11) is 0. The average Bonchev–Trinajstić information content (AvgIpc) is 3.75. The van der Waals surface area contributed by atoms with E-state index in [0.29, 0.717) is 5.82 Å².